The fraction of sp³-hybridized carbons (Fsp3) is 1.00. The molecule has 3 heteroatoms. The van der Waals surface area contributed by atoms with E-state index in [0.29, 0.717) is 6.10 Å². The molecule has 0 spiro atoms. The van der Waals surface area contributed by atoms with Crippen molar-refractivity contribution < 1.29 is 4.74 Å². The van der Waals surface area contributed by atoms with E-state index in [9.17, 15) is 0 Å². The van der Waals surface area contributed by atoms with Gasteiger partial charge in [-0.3, -0.25) is 9.80 Å². The molecule has 2 saturated heterocycles. The first-order valence-electron chi connectivity index (χ1n) is 7.39. The maximum atomic E-state index is 5.68. The highest BCUT2D eigenvalue weighted by atomic mass is 16.5. The van der Waals surface area contributed by atoms with Crippen LogP contribution < -0.4 is 0 Å². The van der Waals surface area contributed by atoms with E-state index in [2.05, 4.69) is 23.6 Å². The van der Waals surface area contributed by atoms with Gasteiger partial charge in [-0.2, -0.15) is 0 Å². The number of hydrogen-bond donors (Lipinski definition) is 0. The second-order valence-electron chi connectivity index (χ2n) is 6.04. The molecule has 98 valence electrons. The number of rotatable bonds is 3. The van der Waals surface area contributed by atoms with Crippen LogP contribution in [0.2, 0.25) is 0 Å². The molecule has 0 aromatic heterocycles. The molecule has 0 aromatic rings. The highest BCUT2D eigenvalue weighted by Crippen LogP contribution is 2.34. The van der Waals surface area contributed by atoms with Crippen molar-refractivity contribution in [1.82, 2.24) is 9.80 Å². The smallest absolute Gasteiger partial charge is 0.0604 e. The first-order chi connectivity index (χ1) is 8.28. The van der Waals surface area contributed by atoms with Gasteiger partial charge in [0.25, 0.3) is 0 Å². The molecule has 0 N–H and O–H groups in total. The molecule has 0 amide bonds. The first-order valence-corrected chi connectivity index (χ1v) is 7.39. The van der Waals surface area contributed by atoms with Crippen LogP contribution in [0, 0.1) is 0 Å². The normalized spacial score (nSPS) is 43.4. The average molecular weight is 238 g/mol. The SMILES string of the molecule is CCOC1CC(N2CC3CCCN3CC2C)C1. The van der Waals surface area contributed by atoms with E-state index in [1.54, 1.807) is 0 Å². The average Bonchev–Trinajstić information content (AvgIpc) is 2.69. The van der Waals surface area contributed by atoms with E-state index in [-0.39, 0.29) is 0 Å². The molecule has 1 aliphatic carbocycles. The zero-order chi connectivity index (χ0) is 11.8. The number of hydrogen-bond acceptors (Lipinski definition) is 3. The van der Waals surface area contributed by atoms with Gasteiger partial charge < -0.3 is 4.74 Å². The third-order valence-electron chi connectivity index (χ3n) is 4.93. The predicted molar refractivity (Wildman–Crippen MR) is 69.2 cm³/mol. The second kappa shape index (κ2) is 4.87. The summed E-state index contributed by atoms with van der Waals surface area (Å²) in [7, 11) is 0. The van der Waals surface area contributed by atoms with Crippen molar-refractivity contribution in [2.75, 3.05) is 26.2 Å². The Balaban J connectivity index is 1.53. The van der Waals surface area contributed by atoms with Gasteiger partial charge in [-0.1, -0.05) is 0 Å². The molecule has 2 atom stereocenters. The topological polar surface area (TPSA) is 15.7 Å². The van der Waals surface area contributed by atoms with Gasteiger partial charge in [0.05, 0.1) is 6.10 Å². The molecule has 0 bridgehead atoms. The summed E-state index contributed by atoms with van der Waals surface area (Å²) in [4.78, 5) is 5.47. The van der Waals surface area contributed by atoms with Gasteiger partial charge >= 0.3 is 0 Å². The molecule has 3 fully saturated rings. The maximum absolute atomic E-state index is 5.68. The summed E-state index contributed by atoms with van der Waals surface area (Å²) in [5.41, 5.74) is 0. The Bertz CT molecular complexity index is 265. The summed E-state index contributed by atoms with van der Waals surface area (Å²) in [5.74, 6) is 0. The predicted octanol–water partition coefficient (Wildman–Crippen LogP) is 1.72. The van der Waals surface area contributed by atoms with E-state index in [4.69, 9.17) is 4.74 Å². The van der Waals surface area contributed by atoms with Crippen molar-refractivity contribution in [2.24, 2.45) is 0 Å². The van der Waals surface area contributed by atoms with Crippen LogP contribution in [0.15, 0.2) is 0 Å². The van der Waals surface area contributed by atoms with Crippen molar-refractivity contribution in [2.45, 2.75) is 63.8 Å². The van der Waals surface area contributed by atoms with Crippen molar-refractivity contribution in [3.8, 4) is 0 Å². The van der Waals surface area contributed by atoms with Gasteiger partial charge in [0.1, 0.15) is 0 Å². The molecule has 3 aliphatic rings. The minimum absolute atomic E-state index is 0.554. The van der Waals surface area contributed by atoms with Crippen LogP contribution in [-0.4, -0.2) is 60.3 Å². The van der Waals surface area contributed by atoms with Crippen molar-refractivity contribution in [1.29, 1.82) is 0 Å². The molecule has 3 nitrogen and oxygen atoms in total. The number of nitrogens with zero attached hydrogens (tertiary/aromatic N) is 2. The van der Waals surface area contributed by atoms with Crippen LogP contribution in [0.4, 0.5) is 0 Å². The minimum Gasteiger partial charge on any atom is -0.378 e. The van der Waals surface area contributed by atoms with E-state index in [0.717, 1.165) is 24.7 Å². The third-order valence-corrected chi connectivity index (χ3v) is 4.93. The molecule has 2 aliphatic heterocycles. The third kappa shape index (κ3) is 2.25. The lowest BCUT2D eigenvalue weighted by Gasteiger charge is -2.50. The fourth-order valence-electron chi connectivity index (χ4n) is 3.90. The second-order valence-corrected chi connectivity index (χ2v) is 6.04. The fourth-order valence-corrected chi connectivity index (χ4v) is 3.90. The van der Waals surface area contributed by atoms with Crippen LogP contribution in [0.1, 0.15) is 39.5 Å². The van der Waals surface area contributed by atoms with E-state index in [1.807, 2.05) is 0 Å². The van der Waals surface area contributed by atoms with Gasteiger partial charge in [-0.25, -0.2) is 0 Å². The monoisotopic (exact) mass is 238 g/mol. The zero-order valence-corrected chi connectivity index (χ0v) is 11.3. The first kappa shape index (κ1) is 11.9. The van der Waals surface area contributed by atoms with Crippen molar-refractivity contribution in [3.63, 3.8) is 0 Å². The van der Waals surface area contributed by atoms with Crippen LogP contribution in [-0.2, 0) is 4.74 Å². The van der Waals surface area contributed by atoms with Gasteiger partial charge in [0, 0.05) is 37.8 Å². The Hall–Kier alpha value is -0.120. The molecule has 17 heavy (non-hydrogen) atoms. The summed E-state index contributed by atoms with van der Waals surface area (Å²) in [6, 6.07) is 2.42. The molecule has 2 unspecified atom stereocenters. The van der Waals surface area contributed by atoms with E-state index >= 15 is 0 Å². The summed E-state index contributed by atoms with van der Waals surface area (Å²) < 4.78 is 5.68. The van der Waals surface area contributed by atoms with E-state index in [1.165, 1.54) is 45.3 Å². The summed E-state index contributed by atoms with van der Waals surface area (Å²) in [5, 5.41) is 0. The number of fused-ring (bicyclic) bond motifs is 1. The minimum atomic E-state index is 0.554. The molecular formula is C14H26N2O. The number of ether oxygens (including phenoxy) is 1. The van der Waals surface area contributed by atoms with Crippen LogP contribution in [0.25, 0.3) is 0 Å². The Morgan fingerprint density at radius 3 is 2.76 bits per heavy atom. The Morgan fingerprint density at radius 1 is 1.18 bits per heavy atom. The maximum Gasteiger partial charge on any atom is 0.0604 e. The number of piperazine rings is 1. The largest absolute Gasteiger partial charge is 0.378 e. The van der Waals surface area contributed by atoms with Crippen LogP contribution in [0.3, 0.4) is 0 Å². The van der Waals surface area contributed by atoms with Crippen molar-refractivity contribution in [3.05, 3.63) is 0 Å². The Morgan fingerprint density at radius 2 is 2.00 bits per heavy atom. The van der Waals surface area contributed by atoms with Crippen LogP contribution in [0.5, 0.6) is 0 Å². The molecule has 2 heterocycles. The molecule has 0 aromatic carbocycles. The quantitative estimate of drug-likeness (QED) is 0.744. The lowest BCUT2D eigenvalue weighted by molar-refractivity contribution is -0.0765. The standard InChI is InChI=1S/C14H26N2O/c1-3-17-14-7-13(8-14)16-10-12-5-4-6-15(12)9-11(16)2/h11-14H,3-10H2,1-2H3. The van der Waals surface area contributed by atoms with Crippen molar-refractivity contribution >= 4 is 0 Å². The van der Waals surface area contributed by atoms with Gasteiger partial charge in [-0.05, 0) is 46.1 Å². The lowest BCUT2D eigenvalue weighted by atomic mass is 9.85. The summed E-state index contributed by atoms with van der Waals surface area (Å²) >= 11 is 0. The zero-order valence-electron chi connectivity index (χ0n) is 11.3. The van der Waals surface area contributed by atoms with Crippen LogP contribution >= 0.6 is 0 Å². The molecule has 1 saturated carbocycles. The Labute approximate surface area is 105 Å². The molecule has 0 radical (unpaired) electrons. The van der Waals surface area contributed by atoms with Gasteiger partial charge in [0.15, 0.2) is 0 Å². The summed E-state index contributed by atoms with van der Waals surface area (Å²) in [6.07, 6.45) is 5.93. The molecular weight excluding hydrogens is 212 g/mol. The Kier molecular flexibility index (Phi) is 3.42. The lowest BCUT2D eigenvalue weighted by Crippen LogP contribution is -2.61. The van der Waals surface area contributed by atoms with Gasteiger partial charge in [0.2, 0.25) is 0 Å². The highest BCUT2D eigenvalue weighted by molar-refractivity contribution is 4.97. The molecule has 3 rings (SSSR count). The highest BCUT2D eigenvalue weighted by Gasteiger charge is 2.41. The van der Waals surface area contributed by atoms with Gasteiger partial charge in [-0.15, -0.1) is 0 Å². The van der Waals surface area contributed by atoms with E-state index < -0.39 is 0 Å². The summed E-state index contributed by atoms with van der Waals surface area (Å²) in [6.45, 7) is 9.33.